The molecule has 1 aliphatic rings. The number of hydrogen-bond acceptors (Lipinski definition) is 9. The van der Waals surface area contributed by atoms with Crippen LogP contribution in [0, 0.1) is 5.82 Å². The molecule has 226 valence electrons. The predicted molar refractivity (Wildman–Crippen MR) is 171 cm³/mol. The lowest BCUT2D eigenvalue weighted by atomic mass is 9.95. The van der Waals surface area contributed by atoms with E-state index < -0.39 is 17.7 Å². The summed E-state index contributed by atoms with van der Waals surface area (Å²) in [6, 6.07) is 28.5. The average molecular weight is 640 g/mol. The van der Waals surface area contributed by atoms with Crippen LogP contribution in [0.2, 0.25) is 0 Å². The summed E-state index contributed by atoms with van der Waals surface area (Å²) in [7, 11) is 1.53. The summed E-state index contributed by atoms with van der Waals surface area (Å²) in [5, 5.41) is 20.1. The largest absolute Gasteiger partial charge is 0.507 e. The average Bonchev–Trinajstić information content (AvgIpc) is 3.65. The number of carbonyl (C=O) groups is 2. The molecule has 1 aliphatic heterocycles. The summed E-state index contributed by atoms with van der Waals surface area (Å²) < 4.78 is 25.0. The first-order chi connectivity index (χ1) is 21.9. The van der Waals surface area contributed by atoms with Gasteiger partial charge in [0.15, 0.2) is 4.34 Å². The number of hydrogen-bond donors (Lipinski definition) is 1. The number of aromatic nitrogens is 2. The normalized spacial score (nSPS) is 15.8. The Hall–Kier alpha value is -5.00. The van der Waals surface area contributed by atoms with E-state index in [0.717, 1.165) is 22.5 Å². The molecule has 6 rings (SSSR count). The van der Waals surface area contributed by atoms with Crippen LogP contribution in [0.25, 0.3) is 5.76 Å². The molecule has 1 N–H and O–H groups in total. The third-order valence-electron chi connectivity index (χ3n) is 7.13. The van der Waals surface area contributed by atoms with Gasteiger partial charge in [0.1, 0.15) is 29.7 Å². The van der Waals surface area contributed by atoms with Gasteiger partial charge in [-0.3, -0.25) is 14.5 Å². The Bertz CT molecular complexity index is 1840. The molecule has 1 fully saturated rings. The van der Waals surface area contributed by atoms with Gasteiger partial charge in [0.25, 0.3) is 5.78 Å². The fraction of sp³-hybridized carbons (Fsp3) is 0.118. The number of methoxy groups -OCH3 is 1. The molecule has 5 aromatic rings. The fourth-order valence-electron chi connectivity index (χ4n) is 4.82. The second kappa shape index (κ2) is 13.3. The highest BCUT2D eigenvalue weighted by atomic mass is 32.2. The Kier molecular flexibility index (Phi) is 8.90. The number of ether oxygens (including phenoxy) is 2. The van der Waals surface area contributed by atoms with Crippen molar-refractivity contribution in [3.05, 3.63) is 137 Å². The lowest BCUT2D eigenvalue weighted by molar-refractivity contribution is -0.132. The molecule has 0 bridgehead atoms. The summed E-state index contributed by atoms with van der Waals surface area (Å²) in [5.41, 5.74) is 2.77. The number of anilines is 1. The zero-order valence-electron chi connectivity index (χ0n) is 23.9. The van der Waals surface area contributed by atoms with Crippen LogP contribution in [-0.4, -0.2) is 34.1 Å². The number of carbonyl (C=O) groups excluding carboxylic acids is 2. The first kappa shape index (κ1) is 30.0. The number of benzene rings is 4. The van der Waals surface area contributed by atoms with Crippen molar-refractivity contribution in [2.24, 2.45) is 0 Å². The maximum Gasteiger partial charge on any atom is 0.301 e. The van der Waals surface area contributed by atoms with Crippen LogP contribution in [0.4, 0.5) is 9.52 Å². The number of nitrogens with zero attached hydrogens (tertiary/aromatic N) is 3. The number of aliphatic hydroxyl groups excluding tert-OH is 1. The maximum atomic E-state index is 13.6. The minimum atomic E-state index is -0.974. The van der Waals surface area contributed by atoms with Crippen LogP contribution < -0.4 is 14.4 Å². The number of rotatable bonds is 10. The SMILES string of the molecule is COc1ccc(/C(O)=C2/C(=O)C(=O)N(c3nnc(SCc4ccc(F)cc4)s3)C2c2ccc(OCc3ccccc3)cc2)cc1. The van der Waals surface area contributed by atoms with Gasteiger partial charge in [-0.1, -0.05) is 77.7 Å². The lowest BCUT2D eigenvalue weighted by Crippen LogP contribution is -2.29. The van der Waals surface area contributed by atoms with Gasteiger partial charge in [0.05, 0.1) is 18.7 Å². The molecular formula is C34H26FN3O5S2. The number of ketones is 1. The molecule has 8 nitrogen and oxygen atoms in total. The van der Waals surface area contributed by atoms with Gasteiger partial charge >= 0.3 is 5.91 Å². The molecule has 1 unspecified atom stereocenters. The molecule has 0 radical (unpaired) electrons. The van der Waals surface area contributed by atoms with Crippen molar-refractivity contribution in [3.8, 4) is 11.5 Å². The highest BCUT2D eigenvalue weighted by molar-refractivity contribution is 8.00. The van der Waals surface area contributed by atoms with Gasteiger partial charge in [-0.25, -0.2) is 4.39 Å². The fourth-order valence-corrected chi connectivity index (χ4v) is 6.64. The second-order valence-electron chi connectivity index (χ2n) is 10.0. The topological polar surface area (TPSA) is 102 Å². The Balaban J connectivity index is 1.33. The van der Waals surface area contributed by atoms with Crippen molar-refractivity contribution in [3.63, 3.8) is 0 Å². The Morgan fingerprint density at radius 2 is 1.58 bits per heavy atom. The molecule has 45 heavy (non-hydrogen) atoms. The van der Waals surface area contributed by atoms with E-state index in [1.165, 1.54) is 35.9 Å². The number of aliphatic hydroxyl groups is 1. The van der Waals surface area contributed by atoms with Crippen LogP contribution >= 0.6 is 23.1 Å². The summed E-state index contributed by atoms with van der Waals surface area (Å²) in [4.78, 5) is 28.4. The molecule has 11 heteroatoms. The molecule has 0 aliphatic carbocycles. The van der Waals surface area contributed by atoms with Gasteiger partial charge in [-0.2, -0.15) is 0 Å². The smallest absolute Gasteiger partial charge is 0.301 e. The molecule has 0 spiro atoms. The van der Waals surface area contributed by atoms with E-state index in [9.17, 15) is 19.1 Å². The number of thioether (sulfide) groups is 1. The van der Waals surface area contributed by atoms with Crippen LogP contribution in [0.3, 0.4) is 0 Å². The van der Waals surface area contributed by atoms with Crippen molar-refractivity contribution in [1.29, 1.82) is 0 Å². The summed E-state index contributed by atoms with van der Waals surface area (Å²) in [6.07, 6.45) is 0. The Morgan fingerprint density at radius 1 is 0.889 bits per heavy atom. The van der Waals surface area contributed by atoms with Gasteiger partial charge in [-0.05, 0) is 65.2 Å². The minimum absolute atomic E-state index is 0.0705. The van der Waals surface area contributed by atoms with Gasteiger partial charge < -0.3 is 14.6 Å². The Morgan fingerprint density at radius 3 is 2.27 bits per heavy atom. The van der Waals surface area contributed by atoms with Gasteiger partial charge in [0, 0.05) is 11.3 Å². The van der Waals surface area contributed by atoms with Crippen molar-refractivity contribution < 1.29 is 28.6 Å². The standard InChI is InChI=1S/C34H26FN3O5S2/c1-42-26-15-11-24(12-16-26)30(39)28-29(23-9-17-27(18-10-23)43-19-21-5-3-2-4-6-21)38(32(41)31(28)40)33-36-37-34(45-33)44-20-22-7-13-25(35)14-8-22/h2-18,29,39H,19-20H2,1H3/b30-28-. The van der Waals surface area contributed by atoms with E-state index in [2.05, 4.69) is 10.2 Å². The van der Waals surface area contributed by atoms with Crippen LogP contribution in [0.15, 0.2) is 113 Å². The van der Waals surface area contributed by atoms with Crippen molar-refractivity contribution >= 4 is 45.7 Å². The summed E-state index contributed by atoms with van der Waals surface area (Å²) in [5.74, 6) is -0.608. The molecule has 1 atom stereocenters. The lowest BCUT2D eigenvalue weighted by Gasteiger charge is -2.22. The van der Waals surface area contributed by atoms with Crippen molar-refractivity contribution in [2.75, 3.05) is 12.0 Å². The van der Waals surface area contributed by atoms with E-state index >= 15 is 0 Å². The van der Waals surface area contributed by atoms with E-state index in [4.69, 9.17) is 9.47 Å². The quantitative estimate of drug-likeness (QED) is 0.0564. The van der Waals surface area contributed by atoms with E-state index in [1.54, 1.807) is 60.7 Å². The molecule has 2 heterocycles. The van der Waals surface area contributed by atoms with Crippen LogP contribution in [0.5, 0.6) is 11.5 Å². The third-order valence-corrected chi connectivity index (χ3v) is 9.26. The highest BCUT2D eigenvalue weighted by Crippen LogP contribution is 2.44. The zero-order valence-corrected chi connectivity index (χ0v) is 25.6. The maximum absolute atomic E-state index is 13.6. The number of amides is 1. The number of Topliss-reactive ketones (excluding diaryl/α,β-unsaturated/α-hetero) is 1. The van der Waals surface area contributed by atoms with Crippen LogP contribution in [0.1, 0.15) is 28.3 Å². The molecule has 4 aromatic carbocycles. The van der Waals surface area contributed by atoms with Gasteiger partial charge in [-0.15, -0.1) is 10.2 Å². The van der Waals surface area contributed by atoms with E-state index in [0.29, 0.717) is 39.3 Å². The highest BCUT2D eigenvalue weighted by Gasteiger charge is 2.48. The summed E-state index contributed by atoms with van der Waals surface area (Å²) in [6.45, 7) is 0.374. The molecule has 1 saturated heterocycles. The van der Waals surface area contributed by atoms with Crippen LogP contribution in [-0.2, 0) is 21.9 Å². The molecule has 0 saturated carbocycles. The van der Waals surface area contributed by atoms with Crippen molar-refractivity contribution in [2.45, 2.75) is 22.7 Å². The minimum Gasteiger partial charge on any atom is -0.507 e. The predicted octanol–water partition coefficient (Wildman–Crippen LogP) is 7.18. The van der Waals surface area contributed by atoms with E-state index in [-0.39, 0.29) is 22.3 Å². The first-order valence-corrected chi connectivity index (χ1v) is 15.6. The number of halogens is 1. The Labute approximate surface area is 266 Å². The first-order valence-electron chi connectivity index (χ1n) is 13.8. The zero-order chi connectivity index (χ0) is 31.3. The molecule has 1 aromatic heterocycles. The monoisotopic (exact) mass is 639 g/mol. The van der Waals surface area contributed by atoms with Crippen molar-refractivity contribution in [1.82, 2.24) is 10.2 Å². The molecule has 1 amide bonds. The summed E-state index contributed by atoms with van der Waals surface area (Å²) >= 11 is 2.54. The second-order valence-corrected chi connectivity index (χ2v) is 12.2. The third kappa shape index (κ3) is 6.59. The molecular weight excluding hydrogens is 614 g/mol. The van der Waals surface area contributed by atoms with E-state index in [1.807, 2.05) is 30.3 Å². The van der Waals surface area contributed by atoms with Gasteiger partial charge in [0.2, 0.25) is 5.13 Å².